The Labute approximate surface area is 169 Å². The first-order chi connectivity index (χ1) is 13.7. The molecule has 6 heteroatoms. The fourth-order valence-electron chi connectivity index (χ4n) is 4.27. The molecule has 0 radical (unpaired) electrons. The number of aromatic nitrogens is 1. The Morgan fingerprint density at radius 1 is 1.14 bits per heavy atom. The minimum Gasteiger partial charge on any atom is -0.352 e. The number of fused-ring (bicyclic) bond motifs is 2. The smallest absolute Gasteiger partial charge is 0.200 e. The molecule has 2 aliphatic heterocycles. The predicted molar refractivity (Wildman–Crippen MR) is 112 cm³/mol. The zero-order valence-corrected chi connectivity index (χ0v) is 16.4. The van der Waals surface area contributed by atoms with E-state index in [0.29, 0.717) is 5.69 Å². The summed E-state index contributed by atoms with van der Waals surface area (Å²) in [6.07, 6.45) is 0. The van der Waals surface area contributed by atoms with Gasteiger partial charge < -0.3 is 10.3 Å². The molecule has 1 unspecified atom stereocenters. The quantitative estimate of drug-likeness (QED) is 0.594. The number of H-pyrrole nitrogens is 1. The molecule has 5 rings (SSSR count). The summed E-state index contributed by atoms with van der Waals surface area (Å²) in [6, 6.07) is 13.8. The van der Waals surface area contributed by atoms with Gasteiger partial charge in [-0.1, -0.05) is 41.9 Å². The number of piperazine rings is 1. The number of Topliss-reactive ketones (excluding diaryl/α,β-unsaturated/α-hetero) is 1. The Balaban J connectivity index is 1.43. The van der Waals surface area contributed by atoms with Crippen molar-refractivity contribution in [3.8, 4) is 0 Å². The minimum atomic E-state index is -0.302. The van der Waals surface area contributed by atoms with Crippen molar-refractivity contribution >= 4 is 28.3 Å². The van der Waals surface area contributed by atoms with Crippen molar-refractivity contribution in [1.82, 2.24) is 20.5 Å². The van der Waals surface area contributed by atoms with Crippen LogP contribution in [-0.2, 0) is 13.1 Å². The number of halogens is 1. The van der Waals surface area contributed by atoms with Crippen molar-refractivity contribution in [3.05, 3.63) is 69.9 Å². The van der Waals surface area contributed by atoms with Crippen LogP contribution >= 0.6 is 11.6 Å². The largest absolute Gasteiger partial charge is 0.352 e. The monoisotopic (exact) mass is 394 g/mol. The number of aromatic amines is 1. The van der Waals surface area contributed by atoms with E-state index in [4.69, 9.17) is 11.6 Å². The van der Waals surface area contributed by atoms with Crippen LogP contribution in [0, 0.1) is 0 Å². The maximum atomic E-state index is 13.1. The zero-order chi connectivity index (χ0) is 19.1. The van der Waals surface area contributed by atoms with Crippen LogP contribution in [0.15, 0.2) is 42.5 Å². The average molecular weight is 395 g/mol. The molecule has 3 heterocycles. The molecule has 2 aromatic carbocycles. The molecule has 1 aromatic heterocycles. The van der Waals surface area contributed by atoms with Crippen LogP contribution in [0.25, 0.3) is 10.9 Å². The van der Waals surface area contributed by atoms with Crippen molar-refractivity contribution in [2.75, 3.05) is 26.2 Å². The second-order valence-electron chi connectivity index (χ2n) is 7.59. The molecule has 144 valence electrons. The van der Waals surface area contributed by atoms with Crippen LogP contribution < -0.4 is 10.6 Å². The molecule has 0 bridgehead atoms. The number of carbonyl (C=O) groups excluding carboxylic acids is 1. The Hall–Kier alpha value is -2.18. The van der Waals surface area contributed by atoms with Gasteiger partial charge in [0.2, 0.25) is 0 Å². The van der Waals surface area contributed by atoms with Gasteiger partial charge in [0.1, 0.15) is 0 Å². The first-order valence-electron chi connectivity index (χ1n) is 9.79. The maximum absolute atomic E-state index is 13.1. The number of hydrogen-bond donors (Lipinski definition) is 3. The van der Waals surface area contributed by atoms with Gasteiger partial charge in [0.15, 0.2) is 5.78 Å². The Bertz CT molecular complexity index is 1040. The highest BCUT2D eigenvalue weighted by atomic mass is 35.5. The van der Waals surface area contributed by atoms with Gasteiger partial charge >= 0.3 is 0 Å². The van der Waals surface area contributed by atoms with Crippen LogP contribution in [0.1, 0.15) is 33.2 Å². The third-order valence-corrected chi connectivity index (χ3v) is 6.26. The van der Waals surface area contributed by atoms with E-state index < -0.39 is 0 Å². The highest BCUT2D eigenvalue weighted by molar-refractivity contribution is 6.36. The molecular weight excluding hydrogens is 372 g/mol. The molecule has 5 nitrogen and oxygen atoms in total. The zero-order valence-electron chi connectivity index (χ0n) is 15.6. The van der Waals surface area contributed by atoms with Gasteiger partial charge in [-0.15, -0.1) is 0 Å². The molecule has 1 fully saturated rings. The van der Waals surface area contributed by atoms with Crippen molar-refractivity contribution in [2.24, 2.45) is 0 Å². The fraction of sp³-hybridized carbons (Fsp3) is 0.318. The minimum absolute atomic E-state index is 0.0564. The predicted octanol–water partition coefficient (Wildman–Crippen LogP) is 3.25. The van der Waals surface area contributed by atoms with Gasteiger partial charge in [-0.25, -0.2) is 0 Å². The van der Waals surface area contributed by atoms with E-state index in [-0.39, 0.29) is 11.8 Å². The standard InChI is InChI=1S/C22H23ClN4O/c23-20-15(13-27-9-7-24-8-10-27)5-6-18-17(20)11-19(26-18)22(28)21-16-4-2-1-3-14(16)12-25-21/h1-6,11,21,24-26H,7-10,12-13H2. The van der Waals surface area contributed by atoms with Crippen LogP contribution in [0.3, 0.4) is 0 Å². The molecule has 0 amide bonds. The number of benzene rings is 2. The Morgan fingerprint density at radius 3 is 2.82 bits per heavy atom. The SMILES string of the molecule is O=C(c1cc2c(Cl)c(CN3CCNCC3)ccc2[nH]1)C1NCc2ccccc21. The summed E-state index contributed by atoms with van der Waals surface area (Å²) in [5, 5.41) is 8.36. The normalized spacial score (nSPS) is 19.8. The summed E-state index contributed by atoms with van der Waals surface area (Å²) in [7, 11) is 0. The van der Waals surface area contributed by atoms with Crippen molar-refractivity contribution in [1.29, 1.82) is 0 Å². The van der Waals surface area contributed by atoms with E-state index in [1.807, 2.05) is 30.3 Å². The molecule has 28 heavy (non-hydrogen) atoms. The molecule has 0 aliphatic carbocycles. The molecule has 0 saturated carbocycles. The number of nitrogens with one attached hydrogen (secondary N) is 3. The molecule has 3 N–H and O–H groups in total. The van der Waals surface area contributed by atoms with Gasteiger partial charge in [-0.3, -0.25) is 15.0 Å². The van der Waals surface area contributed by atoms with E-state index in [1.165, 1.54) is 5.56 Å². The molecule has 1 atom stereocenters. The third-order valence-electron chi connectivity index (χ3n) is 5.81. The van der Waals surface area contributed by atoms with E-state index in [2.05, 4.69) is 32.7 Å². The molecule has 0 spiro atoms. The molecule has 3 aromatic rings. The van der Waals surface area contributed by atoms with Crippen molar-refractivity contribution in [2.45, 2.75) is 19.1 Å². The van der Waals surface area contributed by atoms with Crippen molar-refractivity contribution in [3.63, 3.8) is 0 Å². The van der Waals surface area contributed by atoms with Crippen LogP contribution in [0.5, 0.6) is 0 Å². The van der Waals surface area contributed by atoms with Crippen LogP contribution in [-0.4, -0.2) is 41.8 Å². The summed E-state index contributed by atoms with van der Waals surface area (Å²) in [5.74, 6) is 0.0564. The summed E-state index contributed by atoms with van der Waals surface area (Å²) >= 11 is 6.73. The highest BCUT2D eigenvalue weighted by Gasteiger charge is 2.29. The number of nitrogens with zero attached hydrogens (tertiary/aromatic N) is 1. The lowest BCUT2D eigenvalue weighted by atomic mass is 10.0. The summed E-state index contributed by atoms with van der Waals surface area (Å²) < 4.78 is 0. The molecule has 1 saturated heterocycles. The first kappa shape index (κ1) is 17.9. The second kappa shape index (κ2) is 7.33. The first-order valence-corrected chi connectivity index (χ1v) is 10.2. The summed E-state index contributed by atoms with van der Waals surface area (Å²) in [6.45, 7) is 5.64. The average Bonchev–Trinajstić information content (AvgIpc) is 3.35. The van der Waals surface area contributed by atoms with Gasteiger partial charge in [0.05, 0.1) is 16.8 Å². The lowest BCUT2D eigenvalue weighted by Crippen LogP contribution is -2.42. The van der Waals surface area contributed by atoms with E-state index in [0.717, 1.165) is 66.3 Å². The topological polar surface area (TPSA) is 60.2 Å². The number of carbonyl (C=O) groups is 1. The van der Waals surface area contributed by atoms with Gasteiger partial charge in [-0.2, -0.15) is 0 Å². The van der Waals surface area contributed by atoms with Crippen LogP contribution in [0.4, 0.5) is 0 Å². The molecular formula is C22H23ClN4O. The van der Waals surface area contributed by atoms with Gasteiger partial charge in [0, 0.05) is 50.2 Å². The second-order valence-corrected chi connectivity index (χ2v) is 7.96. The third kappa shape index (κ3) is 3.14. The highest BCUT2D eigenvalue weighted by Crippen LogP contribution is 2.32. The van der Waals surface area contributed by atoms with E-state index in [9.17, 15) is 4.79 Å². The Kier molecular flexibility index (Phi) is 4.69. The lowest BCUT2D eigenvalue weighted by Gasteiger charge is -2.27. The van der Waals surface area contributed by atoms with Crippen molar-refractivity contribution < 1.29 is 4.79 Å². The van der Waals surface area contributed by atoms with Crippen LogP contribution in [0.2, 0.25) is 5.02 Å². The van der Waals surface area contributed by atoms with Gasteiger partial charge in [-0.05, 0) is 28.8 Å². The Morgan fingerprint density at radius 2 is 1.96 bits per heavy atom. The number of rotatable bonds is 4. The number of hydrogen-bond acceptors (Lipinski definition) is 4. The fourth-order valence-corrected chi connectivity index (χ4v) is 4.55. The summed E-state index contributed by atoms with van der Waals surface area (Å²) in [4.78, 5) is 18.8. The summed E-state index contributed by atoms with van der Waals surface area (Å²) in [5.41, 5.74) is 4.87. The lowest BCUT2D eigenvalue weighted by molar-refractivity contribution is 0.0944. The van der Waals surface area contributed by atoms with E-state index >= 15 is 0 Å². The maximum Gasteiger partial charge on any atom is 0.200 e. The van der Waals surface area contributed by atoms with E-state index in [1.54, 1.807) is 0 Å². The molecule has 2 aliphatic rings. The van der Waals surface area contributed by atoms with Gasteiger partial charge in [0.25, 0.3) is 0 Å². The number of ketones is 1.